The third kappa shape index (κ3) is 2.11. The van der Waals surface area contributed by atoms with E-state index in [9.17, 15) is 5.26 Å². The third-order valence-electron chi connectivity index (χ3n) is 3.93. The van der Waals surface area contributed by atoms with Gasteiger partial charge < -0.3 is 5.32 Å². The van der Waals surface area contributed by atoms with Crippen molar-refractivity contribution >= 4 is 28.2 Å². The molecule has 0 saturated carbocycles. The molecule has 0 unspecified atom stereocenters. The Labute approximate surface area is 133 Å². The first-order chi connectivity index (χ1) is 11.3. The van der Waals surface area contributed by atoms with Gasteiger partial charge in [0.2, 0.25) is 0 Å². The molecule has 0 bridgehead atoms. The van der Waals surface area contributed by atoms with E-state index in [1.807, 2.05) is 72.0 Å². The molecule has 4 heteroatoms. The van der Waals surface area contributed by atoms with Crippen molar-refractivity contribution in [2.24, 2.45) is 0 Å². The van der Waals surface area contributed by atoms with Crippen LogP contribution in [0.5, 0.6) is 0 Å². The van der Waals surface area contributed by atoms with Gasteiger partial charge in [0.15, 0.2) is 5.65 Å². The SMILES string of the molecule is Cc1cc(Nc2ccccc2)n2c(nc3ccccc32)c1C#N. The van der Waals surface area contributed by atoms with E-state index < -0.39 is 0 Å². The fraction of sp³-hybridized carbons (Fsp3) is 0.0526. The first-order valence-electron chi connectivity index (χ1n) is 7.41. The Morgan fingerprint density at radius 1 is 1.04 bits per heavy atom. The fourth-order valence-electron chi connectivity index (χ4n) is 2.86. The predicted octanol–water partition coefficient (Wildman–Crippen LogP) is 4.41. The zero-order valence-corrected chi connectivity index (χ0v) is 12.6. The average molecular weight is 298 g/mol. The quantitative estimate of drug-likeness (QED) is 0.596. The summed E-state index contributed by atoms with van der Waals surface area (Å²) in [5.74, 6) is 0.899. The molecule has 0 aliphatic carbocycles. The summed E-state index contributed by atoms with van der Waals surface area (Å²) >= 11 is 0. The van der Waals surface area contributed by atoms with Crippen molar-refractivity contribution in [3.63, 3.8) is 0 Å². The van der Waals surface area contributed by atoms with Gasteiger partial charge in [-0.3, -0.25) is 4.40 Å². The van der Waals surface area contributed by atoms with Gasteiger partial charge in [-0.1, -0.05) is 30.3 Å². The lowest BCUT2D eigenvalue weighted by molar-refractivity contribution is 1.19. The maximum atomic E-state index is 9.50. The number of imidazole rings is 1. The summed E-state index contributed by atoms with van der Waals surface area (Å²) < 4.78 is 2.01. The van der Waals surface area contributed by atoms with Crippen LogP contribution < -0.4 is 5.32 Å². The van der Waals surface area contributed by atoms with E-state index in [2.05, 4.69) is 16.4 Å². The van der Waals surface area contributed by atoms with Crippen LogP contribution in [0.1, 0.15) is 11.1 Å². The minimum Gasteiger partial charge on any atom is -0.341 e. The highest BCUT2D eigenvalue weighted by molar-refractivity contribution is 5.85. The highest BCUT2D eigenvalue weighted by Crippen LogP contribution is 2.28. The standard InChI is InChI=1S/C19H14N4/c1-13-11-18(21-14-7-3-2-4-8-14)23-17-10-6-5-9-16(17)22-19(23)15(13)12-20/h2-11,21H,1H3. The van der Waals surface area contributed by atoms with E-state index in [4.69, 9.17) is 0 Å². The van der Waals surface area contributed by atoms with E-state index in [0.29, 0.717) is 11.2 Å². The molecule has 110 valence electrons. The zero-order chi connectivity index (χ0) is 15.8. The number of benzene rings is 2. The second kappa shape index (κ2) is 5.15. The van der Waals surface area contributed by atoms with Crippen LogP contribution in [0.4, 0.5) is 11.5 Å². The molecule has 1 N–H and O–H groups in total. The summed E-state index contributed by atoms with van der Waals surface area (Å²) in [6.45, 7) is 1.94. The lowest BCUT2D eigenvalue weighted by Gasteiger charge is -2.12. The Morgan fingerprint density at radius 2 is 1.78 bits per heavy atom. The molecule has 2 aromatic carbocycles. The second-order valence-corrected chi connectivity index (χ2v) is 5.45. The number of nitrogens with zero attached hydrogens (tertiary/aromatic N) is 3. The van der Waals surface area contributed by atoms with Crippen LogP contribution in [0.2, 0.25) is 0 Å². The van der Waals surface area contributed by atoms with Gasteiger partial charge >= 0.3 is 0 Å². The number of rotatable bonds is 2. The van der Waals surface area contributed by atoms with Gasteiger partial charge in [-0.25, -0.2) is 4.98 Å². The van der Waals surface area contributed by atoms with Crippen molar-refractivity contribution in [3.8, 4) is 6.07 Å². The summed E-state index contributed by atoms with van der Waals surface area (Å²) in [7, 11) is 0. The molecule has 23 heavy (non-hydrogen) atoms. The molecule has 0 saturated heterocycles. The molecule has 0 radical (unpaired) electrons. The van der Waals surface area contributed by atoms with Crippen molar-refractivity contribution in [2.75, 3.05) is 5.32 Å². The molecule has 0 aliphatic heterocycles. The van der Waals surface area contributed by atoms with Gasteiger partial charge in [0, 0.05) is 5.69 Å². The van der Waals surface area contributed by atoms with Crippen molar-refractivity contribution in [1.29, 1.82) is 5.26 Å². The largest absolute Gasteiger partial charge is 0.341 e. The Kier molecular flexibility index (Phi) is 2.99. The van der Waals surface area contributed by atoms with E-state index in [1.165, 1.54) is 0 Å². The molecular formula is C19H14N4. The monoisotopic (exact) mass is 298 g/mol. The summed E-state index contributed by atoms with van der Waals surface area (Å²) in [6.07, 6.45) is 0. The molecule has 4 rings (SSSR count). The van der Waals surface area contributed by atoms with Gasteiger partial charge in [-0.05, 0) is 42.8 Å². The van der Waals surface area contributed by atoms with Gasteiger partial charge in [0.25, 0.3) is 0 Å². The lowest BCUT2D eigenvalue weighted by atomic mass is 10.1. The van der Waals surface area contributed by atoms with Crippen LogP contribution in [-0.2, 0) is 0 Å². The first kappa shape index (κ1) is 13.4. The number of hydrogen-bond acceptors (Lipinski definition) is 3. The summed E-state index contributed by atoms with van der Waals surface area (Å²) in [4.78, 5) is 4.65. The maximum Gasteiger partial charge on any atom is 0.157 e. The molecule has 0 fully saturated rings. The van der Waals surface area contributed by atoms with Crippen molar-refractivity contribution < 1.29 is 0 Å². The van der Waals surface area contributed by atoms with Crippen LogP contribution >= 0.6 is 0 Å². The number of pyridine rings is 1. The van der Waals surface area contributed by atoms with Gasteiger partial charge in [0.05, 0.1) is 16.6 Å². The number of fused-ring (bicyclic) bond motifs is 3. The molecule has 4 nitrogen and oxygen atoms in total. The van der Waals surface area contributed by atoms with Crippen LogP contribution in [-0.4, -0.2) is 9.38 Å². The van der Waals surface area contributed by atoms with Gasteiger partial charge in [-0.15, -0.1) is 0 Å². The smallest absolute Gasteiger partial charge is 0.157 e. The highest BCUT2D eigenvalue weighted by atomic mass is 15.1. The number of aryl methyl sites for hydroxylation is 1. The van der Waals surface area contributed by atoms with E-state index in [0.717, 1.165) is 28.1 Å². The van der Waals surface area contributed by atoms with Gasteiger partial charge in [-0.2, -0.15) is 5.26 Å². The van der Waals surface area contributed by atoms with Crippen molar-refractivity contribution in [1.82, 2.24) is 9.38 Å². The van der Waals surface area contributed by atoms with E-state index in [1.54, 1.807) is 0 Å². The summed E-state index contributed by atoms with van der Waals surface area (Å²) in [6, 6.07) is 22.2. The zero-order valence-electron chi connectivity index (χ0n) is 12.6. The van der Waals surface area contributed by atoms with Crippen molar-refractivity contribution in [2.45, 2.75) is 6.92 Å². The normalized spacial score (nSPS) is 10.8. The van der Waals surface area contributed by atoms with Crippen LogP contribution in [0.3, 0.4) is 0 Å². The fourth-order valence-corrected chi connectivity index (χ4v) is 2.86. The Hall–Kier alpha value is -3.32. The number of aromatic nitrogens is 2. The number of nitrogens with one attached hydrogen (secondary N) is 1. The second-order valence-electron chi connectivity index (χ2n) is 5.45. The number of anilines is 2. The van der Waals surface area contributed by atoms with Crippen LogP contribution in [0, 0.1) is 18.3 Å². The molecular weight excluding hydrogens is 284 g/mol. The molecule has 2 heterocycles. The van der Waals surface area contributed by atoms with Crippen LogP contribution in [0.15, 0.2) is 60.7 Å². The molecule has 0 spiro atoms. The van der Waals surface area contributed by atoms with Crippen molar-refractivity contribution in [3.05, 3.63) is 71.8 Å². The average Bonchev–Trinajstić information content (AvgIpc) is 2.95. The Morgan fingerprint density at radius 3 is 2.57 bits per heavy atom. The number of nitriles is 1. The topological polar surface area (TPSA) is 53.1 Å². The predicted molar refractivity (Wildman–Crippen MR) is 91.9 cm³/mol. The van der Waals surface area contributed by atoms with Gasteiger partial charge in [0.1, 0.15) is 11.9 Å². The Balaban J connectivity index is 2.05. The minimum absolute atomic E-state index is 0.611. The molecule has 2 aromatic heterocycles. The number of para-hydroxylation sites is 3. The molecule has 4 aromatic rings. The summed E-state index contributed by atoms with van der Waals surface area (Å²) in [5.41, 5.74) is 5.07. The van der Waals surface area contributed by atoms with E-state index in [-0.39, 0.29) is 0 Å². The highest BCUT2D eigenvalue weighted by Gasteiger charge is 2.14. The Bertz CT molecular complexity index is 1060. The van der Waals surface area contributed by atoms with Crippen LogP contribution in [0.25, 0.3) is 16.7 Å². The third-order valence-corrected chi connectivity index (χ3v) is 3.93. The minimum atomic E-state index is 0.611. The lowest BCUT2D eigenvalue weighted by Crippen LogP contribution is -2.01. The maximum absolute atomic E-state index is 9.50. The molecule has 0 atom stereocenters. The summed E-state index contributed by atoms with van der Waals surface area (Å²) in [5, 5.41) is 12.9. The molecule has 0 amide bonds. The molecule has 0 aliphatic rings. The van der Waals surface area contributed by atoms with E-state index >= 15 is 0 Å². The number of hydrogen-bond donors (Lipinski definition) is 1. The first-order valence-corrected chi connectivity index (χ1v) is 7.41.